The van der Waals surface area contributed by atoms with Gasteiger partial charge in [-0.3, -0.25) is 9.59 Å². The van der Waals surface area contributed by atoms with Crippen molar-refractivity contribution in [3.8, 4) is 0 Å². The second-order valence-electron chi connectivity index (χ2n) is 5.61. The summed E-state index contributed by atoms with van der Waals surface area (Å²) in [5.74, 6) is -0.873. The normalized spacial score (nSPS) is 12.1. The molecule has 0 aromatic carbocycles. The van der Waals surface area contributed by atoms with Crippen molar-refractivity contribution in [2.45, 2.75) is 52.9 Å². The smallest absolute Gasteiger partial charge is 0.323 e. The van der Waals surface area contributed by atoms with E-state index in [2.05, 4.69) is 19.6 Å². The summed E-state index contributed by atoms with van der Waals surface area (Å²) in [6, 6.07) is 0.564. The lowest BCUT2D eigenvalue weighted by Gasteiger charge is -2.32. The highest BCUT2D eigenvalue weighted by atomic mass is 28.3. The van der Waals surface area contributed by atoms with Crippen molar-refractivity contribution >= 4 is 20.0 Å². The van der Waals surface area contributed by atoms with Crippen LogP contribution in [-0.4, -0.2) is 33.2 Å². The minimum absolute atomic E-state index is 0.283. The zero-order valence-electron chi connectivity index (χ0n) is 12.5. The van der Waals surface area contributed by atoms with E-state index in [0.29, 0.717) is 12.5 Å². The summed E-state index contributed by atoms with van der Waals surface area (Å²) < 4.78 is 10.2. The number of ether oxygens (including phenoxy) is 2. The van der Waals surface area contributed by atoms with Crippen molar-refractivity contribution in [3.05, 3.63) is 0 Å². The third-order valence-electron chi connectivity index (χ3n) is 2.77. The topological polar surface area (TPSA) is 52.6 Å². The molecule has 0 aliphatic rings. The molecule has 18 heavy (non-hydrogen) atoms. The molecule has 0 rings (SSSR count). The molecule has 0 bridgehead atoms. The second-order valence-corrected chi connectivity index (χ2v) is 11.1. The molecule has 0 amide bonds. The molecule has 106 valence electrons. The first-order valence-electron chi connectivity index (χ1n) is 6.58. The zero-order valence-corrected chi connectivity index (χ0v) is 13.5. The Kier molecular flexibility index (Phi) is 6.60. The van der Waals surface area contributed by atoms with Crippen molar-refractivity contribution in [1.29, 1.82) is 0 Å². The summed E-state index contributed by atoms with van der Waals surface area (Å²) in [5.41, 5.74) is -1.11. The van der Waals surface area contributed by atoms with Gasteiger partial charge in [0.25, 0.3) is 0 Å². The van der Waals surface area contributed by atoms with Gasteiger partial charge in [-0.1, -0.05) is 26.6 Å². The van der Waals surface area contributed by atoms with E-state index in [1.165, 1.54) is 0 Å². The van der Waals surface area contributed by atoms with Gasteiger partial charge in [-0.25, -0.2) is 0 Å². The summed E-state index contributed by atoms with van der Waals surface area (Å²) in [6.07, 6.45) is 0.426. The molecule has 0 radical (unpaired) electrons. The van der Waals surface area contributed by atoms with Gasteiger partial charge in [0.1, 0.15) is 0 Å². The predicted octanol–water partition coefficient (Wildman–Crippen LogP) is 2.85. The Morgan fingerprint density at radius 2 is 1.33 bits per heavy atom. The van der Waals surface area contributed by atoms with Crippen LogP contribution in [0.4, 0.5) is 0 Å². The standard InChI is InChI=1S/C13H26O4Si/c1-7-13(10-18(4,5)6,11(14)16-8-2)12(15)17-9-3/h7-10H2,1-6H3. The van der Waals surface area contributed by atoms with Crippen LogP contribution in [0.3, 0.4) is 0 Å². The Morgan fingerprint density at radius 3 is 1.56 bits per heavy atom. The third kappa shape index (κ3) is 4.44. The molecule has 0 saturated carbocycles. The number of rotatable bonds is 7. The van der Waals surface area contributed by atoms with Crippen LogP contribution < -0.4 is 0 Å². The number of carbonyl (C=O) groups is 2. The molecule has 4 nitrogen and oxygen atoms in total. The monoisotopic (exact) mass is 274 g/mol. The summed E-state index contributed by atoms with van der Waals surface area (Å²) >= 11 is 0. The molecule has 0 heterocycles. The highest BCUT2D eigenvalue weighted by molar-refractivity contribution is 6.76. The molecular formula is C13H26O4Si. The van der Waals surface area contributed by atoms with Gasteiger partial charge in [0, 0.05) is 8.07 Å². The summed E-state index contributed by atoms with van der Waals surface area (Å²) in [5, 5.41) is 0. The molecule has 0 N–H and O–H groups in total. The van der Waals surface area contributed by atoms with Gasteiger partial charge < -0.3 is 9.47 Å². The third-order valence-corrected chi connectivity index (χ3v) is 4.43. The van der Waals surface area contributed by atoms with Crippen LogP contribution in [0.15, 0.2) is 0 Å². The molecule has 0 atom stereocenters. The van der Waals surface area contributed by atoms with E-state index >= 15 is 0 Å². The number of hydrogen-bond acceptors (Lipinski definition) is 4. The number of carbonyl (C=O) groups excluding carboxylic acids is 2. The van der Waals surface area contributed by atoms with E-state index < -0.39 is 25.4 Å². The van der Waals surface area contributed by atoms with E-state index in [1.807, 2.05) is 6.92 Å². The van der Waals surface area contributed by atoms with Crippen molar-refractivity contribution in [1.82, 2.24) is 0 Å². The molecule has 0 aromatic rings. The molecule has 0 aromatic heterocycles. The molecule has 0 unspecified atom stereocenters. The summed E-state index contributed by atoms with van der Waals surface area (Å²) in [6.45, 7) is 12.3. The van der Waals surface area contributed by atoms with Gasteiger partial charge >= 0.3 is 11.9 Å². The van der Waals surface area contributed by atoms with Crippen molar-refractivity contribution in [3.63, 3.8) is 0 Å². The predicted molar refractivity (Wildman–Crippen MR) is 74.1 cm³/mol. The van der Waals surface area contributed by atoms with Crippen LogP contribution in [0.1, 0.15) is 27.2 Å². The molecule has 5 heteroatoms. The van der Waals surface area contributed by atoms with Crippen LogP contribution in [0, 0.1) is 5.41 Å². The Balaban J connectivity index is 5.32. The minimum Gasteiger partial charge on any atom is -0.465 e. The van der Waals surface area contributed by atoms with Gasteiger partial charge in [-0.2, -0.15) is 0 Å². The van der Waals surface area contributed by atoms with E-state index in [9.17, 15) is 9.59 Å². The minimum atomic E-state index is -1.60. The van der Waals surface area contributed by atoms with Crippen LogP contribution >= 0.6 is 0 Å². The highest BCUT2D eigenvalue weighted by Crippen LogP contribution is 2.36. The van der Waals surface area contributed by atoms with E-state index in [-0.39, 0.29) is 13.2 Å². The maximum Gasteiger partial charge on any atom is 0.323 e. The first-order chi connectivity index (χ1) is 8.23. The van der Waals surface area contributed by atoms with Crippen LogP contribution in [0.5, 0.6) is 0 Å². The van der Waals surface area contributed by atoms with E-state index in [1.54, 1.807) is 13.8 Å². The fraction of sp³-hybridized carbons (Fsp3) is 0.846. The van der Waals surface area contributed by atoms with Gasteiger partial charge in [0.15, 0.2) is 5.41 Å². The fourth-order valence-corrected chi connectivity index (χ4v) is 4.43. The average Bonchev–Trinajstić information content (AvgIpc) is 2.25. The van der Waals surface area contributed by atoms with Crippen molar-refractivity contribution < 1.29 is 19.1 Å². The Labute approximate surface area is 111 Å². The average molecular weight is 274 g/mol. The lowest BCUT2D eigenvalue weighted by molar-refractivity contribution is -0.170. The lowest BCUT2D eigenvalue weighted by atomic mass is 9.87. The SMILES string of the molecule is CCOC(=O)C(CC)(C[Si](C)(C)C)C(=O)OCC. The quantitative estimate of drug-likeness (QED) is 0.407. The summed E-state index contributed by atoms with van der Waals surface area (Å²) in [4.78, 5) is 24.4. The van der Waals surface area contributed by atoms with E-state index in [4.69, 9.17) is 9.47 Å². The largest absolute Gasteiger partial charge is 0.465 e. The van der Waals surface area contributed by atoms with Crippen LogP contribution in [0.2, 0.25) is 25.7 Å². The molecule has 0 saturated heterocycles. The Bertz CT molecular complexity index is 276. The highest BCUT2D eigenvalue weighted by Gasteiger charge is 2.49. The number of esters is 2. The van der Waals surface area contributed by atoms with Gasteiger partial charge in [-0.15, -0.1) is 0 Å². The van der Waals surface area contributed by atoms with Crippen molar-refractivity contribution in [2.24, 2.45) is 5.41 Å². The summed E-state index contributed by atoms with van der Waals surface area (Å²) in [7, 11) is -1.60. The molecule has 0 fully saturated rings. The number of hydrogen-bond donors (Lipinski definition) is 0. The Morgan fingerprint density at radius 1 is 0.944 bits per heavy atom. The maximum atomic E-state index is 12.2. The van der Waals surface area contributed by atoms with Gasteiger partial charge in [-0.05, 0) is 26.3 Å². The molecule has 0 aliphatic heterocycles. The molecular weight excluding hydrogens is 248 g/mol. The van der Waals surface area contributed by atoms with Crippen molar-refractivity contribution in [2.75, 3.05) is 13.2 Å². The first kappa shape index (κ1) is 17.2. The van der Waals surface area contributed by atoms with Crippen LogP contribution in [-0.2, 0) is 19.1 Å². The Hall–Kier alpha value is -0.843. The molecule has 0 aliphatic carbocycles. The van der Waals surface area contributed by atoms with Gasteiger partial charge in [0.05, 0.1) is 13.2 Å². The fourth-order valence-electron chi connectivity index (χ4n) is 2.09. The van der Waals surface area contributed by atoms with Crippen LogP contribution in [0.25, 0.3) is 0 Å². The van der Waals surface area contributed by atoms with E-state index in [0.717, 1.165) is 0 Å². The zero-order chi connectivity index (χ0) is 14.4. The first-order valence-corrected chi connectivity index (χ1v) is 10.3. The maximum absolute atomic E-state index is 12.2. The lowest BCUT2D eigenvalue weighted by Crippen LogP contribution is -2.46. The van der Waals surface area contributed by atoms with Gasteiger partial charge in [0.2, 0.25) is 0 Å². The molecule has 0 spiro atoms. The second kappa shape index (κ2) is 6.92.